The van der Waals surface area contributed by atoms with Gasteiger partial charge in [0.05, 0.1) is 45.5 Å². The maximum absolute atomic E-state index is 13.0. The largest absolute Gasteiger partial charge is 0.497 e. The fourth-order valence-corrected chi connectivity index (χ4v) is 4.56. The minimum absolute atomic E-state index is 0.111. The summed E-state index contributed by atoms with van der Waals surface area (Å²) < 4.78 is 6.29. The SMILES string of the molecule is COc1ccc2scc(N3CC[NH+](C/C=C/c4ccccc4)CC3)c(=O)c2c1. The Morgan fingerprint density at radius 2 is 1.93 bits per heavy atom. The molecule has 4 nitrogen and oxygen atoms in total. The summed E-state index contributed by atoms with van der Waals surface area (Å²) in [5, 5.41) is 2.76. The molecule has 2 aromatic carbocycles. The smallest absolute Gasteiger partial charge is 0.211 e. The number of nitrogens with zero attached hydrogens (tertiary/aromatic N) is 1. The summed E-state index contributed by atoms with van der Waals surface area (Å²) in [6.45, 7) is 4.92. The molecule has 3 aromatic rings. The van der Waals surface area contributed by atoms with Gasteiger partial charge in [0, 0.05) is 15.5 Å². The molecule has 0 radical (unpaired) electrons. The first-order valence-corrected chi connectivity index (χ1v) is 10.5. The van der Waals surface area contributed by atoms with Crippen molar-refractivity contribution in [3.63, 3.8) is 0 Å². The molecule has 1 saturated heterocycles. The van der Waals surface area contributed by atoms with E-state index in [1.807, 2.05) is 29.6 Å². The molecule has 4 rings (SSSR count). The molecule has 0 aliphatic carbocycles. The van der Waals surface area contributed by atoms with Gasteiger partial charge in [-0.3, -0.25) is 4.79 Å². The fraction of sp³-hybridized carbons (Fsp3) is 0.261. The fourth-order valence-electron chi connectivity index (χ4n) is 3.64. The van der Waals surface area contributed by atoms with Gasteiger partial charge in [0.25, 0.3) is 0 Å². The number of benzene rings is 2. The van der Waals surface area contributed by atoms with E-state index in [4.69, 9.17) is 4.74 Å². The minimum atomic E-state index is 0.111. The average Bonchev–Trinajstić information content (AvgIpc) is 2.75. The van der Waals surface area contributed by atoms with E-state index in [9.17, 15) is 4.79 Å². The van der Waals surface area contributed by atoms with Crippen LogP contribution < -0.4 is 20.0 Å². The Bertz CT molecular complexity index is 1020. The zero-order chi connectivity index (χ0) is 19.3. The van der Waals surface area contributed by atoms with Gasteiger partial charge in [0.2, 0.25) is 5.43 Å². The number of ether oxygens (including phenoxy) is 1. The molecular formula is C23H25N2O2S+. The summed E-state index contributed by atoms with van der Waals surface area (Å²) in [5.74, 6) is 0.730. The molecule has 28 heavy (non-hydrogen) atoms. The van der Waals surface area contributed by atoms with Gasteiger partial charge in [-0.1, -0.05) is 36.4 Å². The van der Waals surface area contributed by atoms with Crippen molar-refractivity contribution in [2.24, 2.45) is 0 Å². The standard InChI is InChI=1S/C23H24N2O2S/c1-27-19-9-10-22-20(16-19)23(26)21(17-28-22)25-14-12-24(13-15-25)11-5-8-18-6-3-2-4-7-18/h2-10,16-17H,11-15H2,1H3/p+1/b8-5+. The number of anilines is 1. The number of hydrogen-bond acceptors (Lipinski definition) is 4. The van der Waals surface area contributed by atoms with E-state index in [0.717, 1.165) is 54.2 Å². The van der Waals surface area contributed by atoms with Crippen molar-refractivity contribution in [2.75, 3.05) is 44.7 Å². The van der Waals surface area contributed by atoms with Crippen molar-refractivity contribution >= 4 is 33.2 Å². The molecule has 0 bridgehead atoms. The quantitative estimate of drug-likeness (QED) is 0.724. The van der Waals surface area contributed by atoms with Crippen molar-refractivity contribution < 1.29 is 9.64 Å². The molecule has 0 spiro atoms. The van der Waals surface area contributed by atoms with E-state index >= 15 is 0 Å². The van der Waals surface area contributed by atoms with E-state index in [0.29, 0.717) is 0 Å². The van der Waals surface area contributed by atoms with Gasteiger partial charge < -0.3 is 14.5 Å². The lowest BCUT2D eigenvalue weighted by Gasteiger charge is -2.32. The number of rotatable bonds is 5. The van der Waals surface area contributed by atoms with Crippen molar-refractivity contribution in [1.82, 2.24) is 0 Å². The normalized spacial score (nSPS) is 15.4. The van der Waals surface area contributed by atoms with Crippen LogP contribution in [0.5, 0.6) is 5.75 Å². The number of quaternary nitrogens is 1. The van der Waals surface area contributed by atoms with Gasteiger partial charge in [0.15, 0.2) is 0 Å². The molecule has 144 valence electrons. The molecule has 0 atom stereocenters. The van der Waals surface area contributed by atoms with Crippen LogP contribution in [0.2, 0.25) is 0 Å². The number of nitrogens with one attached hydrogen (secondary N) is 1. The molecule has 1 N–H and O–H groups in total. The third-order valence-corrected chi connectivity index (χ3v) is 6.24. The number of hydrogen-bond donors (Lipinski definition) is 1. The van der Waals surface area contributed by atoms with Crippen LogP contribution in [0.15, 0.2) is 64.8 Å². The molecule has 2 heterocycles. The highest BCUT2D eigenvalue weighted by Crippen LogP contribution is 2.25. The molecule has 0 unspecified atom stereocenters. The van der Waals surface area contributed by atoms with Gasteiger partial charge in [0.1, 0.15) is 5.75 Å². The second-order valence-corrected chi connectivity index (χ2v) is 7.98. The van der Waals surface area contributed by atoms with E-state index in [1.54, 1.807) is 23.3 Å². The first-order valence-electron chi connectivity index (χ1n) is 9.64. The van der Waals surface area contributed by atoms with E-state index in [2.05, 4.69) is 41.3 Å². The van der Waals surface area contributed by atoms with Crippen molar-refractivity contribution in [3.8, 4) is 5.75 Å². The van der Waals surface area contributed by atoms with Crippen molar-refractivity contribution in [1.29, 1.82) is 0 Å². The van der Waals surface area contributed by atoms with Crippen LogP contribution in [0.1, 0.15) is 5.56 Å². The molecular weight excluding hydrogens is 368 g/mol. The first kappa shape index (κ1) is 18.7. The lowest BCUT2D eigenvalue weighted by atomic mass is 10.2. The summed E-state index contributed by atoms with van der Waals surface area (Å²) in [6.07, 6.45) is 4.44. The highest BCUT2D eigenvalue weighted by atomic mass is 32.1. The maximum Gasteiger partial charge on any atom is 0.211 e. The summed E-state index contributed by atoms with van der Waals surface area (Å²) in [5.41, 5.74) is 2.18. The third kappa shape index (κ3) is 4.11. The van der Waals surface area contributed by atoms with Crippen LogP contribution in [0.4, 0.5) is 5.69 Å². The molecule has 1 aliphatic rings. The van der Waals surface area contributed by atoms with Crippen LogP contribution in [-0.2, 0) is 0 Å². The monoisotopic (exact) mass is 393 g/mol. The van der Waals surface area contributed by atoms with Gasteiger partial charge in [-0.2, -0.15) is 0 Å². The summed E-state index contributed by atoms with van der Waals surface area (Å²) in [4.78, 5) is 16.8. The zero-order valence-corrected chi connectivity index (χ0v) is 16.9. The van der Waals surface area contributed by atoms with E-state index in [-0.39, 0.29) is 5.43 Å². The predicted molar refractivity (Wildman–Crippen MR) is 118 cm³/mol. The Hall–Kier alpha value is -2.63. The van der Waals surface area contributed by atoms with E-state index in [1.165, 1.54) is 5.56 Å². The van der Waals surface area contributed by atoms with Gasteiger partial charge >= 0.3 is 0 Å². The highest BCUT2D eigenvalue weighted by molar-refractivity contribution is 7.16. The topological polar surface area (TPSA) is 34.0 Å². The number of methoxy groups -OCH3 is 1. The lowest BCUT2D eigenvalue weighted by molar-refractivity contribution is -0.894. The van der Waals surface area contributed by atoms with Crippen LogP contribution in [-0.4, -0.2) is 39.8 Å². The van der Waals surface area contributed by atoms with Crippen LogP contribution in [0, 0.1) is 0 Å². The number of fused-ring (bicyclic) bond motifs is 1. The van der Waals surface area contributed by atoms with Crippen molar-refractivity contribution in [3.05, 3.63) is 75.8 Å². The Morgan fingerprint density at radius 3 is 2.68 bits per heavy atom. The average molecular weight is 394 g/mol. The third-order valence-electron chi connectivity index (χ3n) is 5.29. The Kier molecular flexibility index (Phi) is 5.74. The van der Waals surface area contributed by atoms with Gasteiger partial charge in [-0.15, -0.1) is 11.3 Å². The Balaban J connectivity index is 1.41. The Labute approximate surface area is 169 Å². The lowest BCUT2D eigenvalue weighted by Crippen LogP contribution is -3.14. The number of piperazine rings is 1. The second kappa shape index (κ2) is 8.59. The molecule has 1 fully saturated rings. The Morgan fingerprint density at radius 1 is 1.14 bits per heavy atom. The zero-order valence-electron chi connectivity index (χ0n) is 16.1. The molecule has 1 aliphatic heterocycles. The summed E-state index contributed by atoms with van der Waals surface area (Å²) >= 11 is 1.63. The highest BCUT2D eigenvalue weighted by Gasteiger charge is 2.21. The second-order valence-electron chi connectivity index (χ2n) is 7.07. The first-order chi connectivity index (χ1) is 13.7. The van der Waals surface area contributed by atoms with Crippen LogP contribution in [0.25, 0.3) is 16.2 Å². The molecule has 0 saturated carbocycles. The predicted octanol–water partition coefficient (Wildman–Crippen LogP) is 2.69. The van der Waals surface area contributed by atoms with E-state index < -0.39 is 0 Å². The maximum atomic E-state index is 13.0. The summed E-state index contributed by atoms with van der Waals surface area (Å²) in [6, 6.07) is 16.1. The molecule has 1 aromatic heterocycles. The van der Waals surface area contributed by atoms with Crippen LogP contribution >= 0.6 is 11.3 Å². The minimum Gasteiger partial charge on any atom is -0.497 e. The summed E-state index contributed by atoms with van der Waals surface area (Å²) in [7, 11) is 1.63. The van der Waals surface area contributed by atoms with Gasteiger partial charge in [-0.25, -0.2) is 0 Å². The van der Waals surface area contributed by atoms with Crippen molar-refractivity contribution in [2.45, 2.75) is 0 Å². The van der Waals surface area contributed by atoms with Gasteiger partial charge in [-0.05, 0) is 29.8 Å². The van der Waals surface area contributed by atoms with Crippen LogP contribution in [0.3, 0.4) is 0 Å². The molecule has 5 heteroatoms. The molecule has 0 amide bonds.